The van der Waals surface area contributed by atoms with Gasteiger partial charge in [-0.3, -0.25) is 0 Å². The van der Waals surface area contributed by atoms with Crippen LogP contribution >= 0.6 is 0 Å². The Hall–Kier alpha value is -2.26. The predicted octanol–water partition coefficient (Wildman–Crippen LogP) is 5.33. The molecule has 0 radical (unpaired) electrons. The molecule has 1 aliphatic heterocycles. The van der Waals surface area contributed by atoms with Crippen LogP contribution in [-0.2, 0) is 6.42 Å². The molecule has 0 spiro atoms. The van der Waals surface area contributed by atoms with E-state index in [0.717, 1.165) is 31.1 Å². The second-order valence-corrected chi connectivity index (χ2v) is 7.58. The third-order valence-electron chi connectivity index (χ3n) is 5.71. The lowest BCUT2D eigenvalue weighted by Gasteiger charge is -2.22. The van der Waals surface area contributed by atoms with E-state index < -0.39 is 0 Å². The van der Waals surface area contributed by atoms with Gasteiger partial charge in [-0.15, -0.1) is 0 Å². The van der Waals surface area contributed by atoms with Crippen molar-refractivity contribution < 1.29 is 4.74 Å². The monoisotopic (exact) mass is 362 g/mol. The third-order valence-corrected chi connectivity index (χ3v) is 5.71. The lowest BCUT2D eigenvalue weighted by Crippen LogP contribution is -2.29. The maximum Gasteiger partial charge on any atom is 0.119 e. The summed E-state index contributed by atoms with van der Waals surface area (Å²) < 4.78 is 8.27. The maximum absolute atomic E-state index is 5.98. The summed E-state index contributed by atoms with van der Waals surface area (Å²) in [5.41, 5.74) is 5.19. The molecule has 27 heavy (non-hydrogen) atoms. The van der Waals surface area contributed by atoms with E-state index in [-0.39, 0.29) is 0 Å². The molecule has 2 aromatic heterocycles. The molecule has 1 atom stereocenters. The summed E-state index contributed by atoms with van der Waals surface area (Å²) in [6.07, 6.45) is 8.26. The first-order valence-electron chi connectivity index (χ1n) is 10.4. The van der Waals surface area contributed by atoms with Crippen molar-refractivity contribution in [1.82, 2.24) is 9.72 Å². The van der Waals surface area contributed by atoms with Crippen molar-refractivity contribution in [2.24, 2.45) is 5.92 Å². The van der Waals surface area contributed by atoms with Gasteiger partial charge in [0, 0.05) is 23.0 Å². The molecular weight excluding hydrogens is 332 g/mol. The highest BCUT2D eigenvalue weighted by molar-refractivity contribution is 5.74. The van der Waals surface area contributed by atoms with Crippen molar-refractivity contribution in [3.63, 3.8) is 0 Å². The molecule has 1 aromatic carbocycles. The summed E-state index contributed by atoms with van der Waals surface area (Å²) >= 11 is 0. The first-order valence-corrected chi connectivity index (χ1v) is 10.4. The number of ether oxygens (including phenoxy) is 1. The number of aryl methyl sites for hydroxylation is 1. The van der Waals surface area contributed by atoms with Crippen LogP contribution < -0.4 is 10.1 Å². The quantitative estimate of drug-likeness (QED) is 0.575. The molecule has 1 N–H and O–H groups in total. The fourth-order valence-corrected chi connectivity index (χ4v) is 4.25. The number of piperidine rings is 1. The minimum Gasteiger partial charge on any atom is -0.494 e. The van der Waals surface area contributed by atoms with Crippen molar-refractivity contribution in [3.8, 4) is 16.9 Å². The van der Waals surface area contributed by atoms with Crippen LogP contribution in [0, 0.1) is 5.92 Å². The summed E-state index contributed by atoms with van der Waals surface area (Å²) in [6.45, 7) is 5.40. The van der Waals surface area contributed by atoms with Crippen molar-refractivity contribution in [3.05, 3.63) is 60.4 Å². The molecule has 1 fully saturated rings. The van der Waals surface area contributed by atoms with E-state index in [0.29, 0.717) is 0 Å². The largest absolute Gasteiger partial charge is 0.494 e. The van der Waals surface area contributed by atoms with Crippen molar-refractivity contribution in [2.75, 3.05) is 19.7 Å². The topological polar surface area (TPSA) is 25.7 Å². The van der Waals surface area contributed by atoms with Crippen LogP contribution in [0.2, 0.25) is 0 Å². The van der Waals surface area contributed by atoms with Gasteiger partial charge in [-0.1, -0.05) is 25.1 Å². The van der Waals surface area contributed by atoms with E-state index in [9.17, 15) is 0 Å². The Morgan fingerprint density at radius 3 is 2.81 bits per heavy atom. The fraction of sp³-hybridized carbons (Fsp3) is 0.417. The first kappa shape index (κ1) is 18.1. The van der Waals surface area contributed by atoms with Crippen LogP contribution in [0.15, 0.2) is 54.7 Å². The van der Waals surface area contributed by atoms with Gasteiger partial charge in [0.15, 0.2) is 0 Å². The van der Waals surface area contributed by atoms with Gasteiger partial charge in [0.05, 0.1) is 6.61 Å². The van der Waals surface area contributed by atoms with Gasteiger partial charge in [-0.2, -0.15) is 0 Å². The zero-order valence-corrected chi connectivity index (χ0v) is 16.3. The fourth-order valence-electron chi connectivity index (χ4n) is 4.25. The second-order valence-electron chi connectivity index (χ2n) is 7.58. The summed E-state index contributed by atoms with van der Waals surface area (Å²) in [6, 6.07) is 17.2. The first-order chi connectivity index (χ1) is 13.3. The standard InChI is InChI=1S/C24H30N2O/c1-2-24-23(17-21-9-3-4-15-26(21)24)20-10-12-22(13-11-20)27-16-6-8-19-7-5-14-25-18-19/h3-4,9-13,15,17,19,25H,2,5-8,14,16,18H2,1H3. The minimum absolute atomic E-state index is 0.812. The normalized spacial score (nSPS) is 17.3. The van der Waals surface area contributed by atoms with E-state index in [2.05, 4.69) is 71.4 Å². The summed E-state index contributed by atoms with van der Waals surface area (Å²) in [7, 11) is 0. The maximum atomic E-state index is 5.98. The Balaban J connectivity index is 1.37. The lowest BCUT2D eigenvalue weighted by atomic mass is 9.95. The smallest absolute Gasteiger partial charge is 0.119 e. The molecule has 4 rings (SSSR count). The van der Waals surface area contributed by atoms with Crippen LogP contribution in [-0.4, -0.2) is 24.1 Å². The number of nitrogens with one attached hydrogen (secondary N) is 1. The Labute approximate surface area is 162 Å². The van der Waals surface area contributed by atoms with Crippen LogP contribution in [0.1, 0.15) is 38.3 Å². The number of aromatic nitrogens is 1. The SMILES string of the molecule is CCc1c(-c2ccc(OCCCC3CCCNC3)cc2)cc2ccccn12. The van der Waals surface area contributed by atoms with E-state index >= 15 is 0 Å². The third kappa shape index (κ3) is 4.19. The Kier molecular flexibility index (Phi) is 5.78. The van der Waals surface area contributed by atoms with Crippen molar-refractivity contribution in [1.29, 1.82) is 0 Å². The van der Waals surface area contributed by atoms with Crippen LogP contribution in [0.3, 0.4) is 0 Å². The minimum atomic E-state index is 0.812. The number of rotatable bonds is 7. The van der Waals surface area contributed by atoms with Gasteiger partial charge in [-0.05, 0) is 87.0 Å². The molecular formula is C24H30N2O. The Morgan fingerprint density at radius 2 is 2.04 bits per heavy atom. The molecule has 3 heteroatoms. The zero-order valence-electron chi connectivity index (χ0n) is 16.3. The van der Waals surface area contributed by atoms with E-state index in [1.165, 1.54) is 54.7 Å². The Morgan fingerprint density at radius 1 is 1.15 bits per heavy atom. The molecule has 0 saturated carbocycles. The van der Waals surface area contributed by atoms with E-state index in [1.54, 1.807) is 0 Å². The molecule has 1 aliphatic rings. The average Bonchev–Trinajstić information content (AvgIpc) is 3.11. The molecule has 1 unspecified atom stereocenters. The number of hydrogen-bond donors (Lipinski definition) is 1. The summed E-state index contributed by atoms with van der Waals surface area (Å²) in [4.78, 5) is 0. The molecule has 0 bridgehead atoms. The highest BCUT2D eigenvalue weighted by Gasteiger charge is 2.13. The molecule has 0 aliphatic carbocycles. The van der Waals surface area contributed by atoms with Crippen molar-refractivity contribution in [2.45, 2.75) is 39.0 Å². The second kappa shape index (κ2) is 8.62. The van der Waals surface area contributed by atoms with Gasteiger partial charge in [0.25, 0.3) is 0 Å². The van der Waals surface area contributed by atoms with E-state index in [4.69, 9.17) is 4.74 Å². The summed E-state index contributed by atoms with van der Waals surface area (Å²) in [5.74, 6) is 1.81. The average molecular weight is 363 g/mol. The molecule has 1 saturated heterocycles. The number of fused-ring (bicyclic) bond motifs is 1. The van der Waals surface area contributed by atoms with Crippen LogP contribution in [0.5, 0.6) is 5.75 Å². The van der Waals surface area contributed by atoms with Crippen molar-refractivity contribution >= 4 is 5.52 Å². The number of nitrogens with zero attached hydrogens (tertiary/aromatic N) is 1. The zero-order chi connectivity index (χ0) is 18.5. The Bertz CT molecular complexity index is 860. The number of pyridine rings is 1. The molecule has 3 heterocycles. The van der Waals surface area contributed by atoms with Gasteiger partial charge < -0.3 is 14.5 Å². The highest BCUT2D eigenvalue weighted by atomic mass is 16.5. The number of benzene rings is 1. The molecule has 142 valence electrons. The highest BCUT2D eigenvalue weighted by Crippen LogP contribution is 2.29. The summed E-state index contributed by atoms with van der Waals surface area (Å²) in [5, 5.41) is 3.49. The van der Waals surface area contributed by atoms with Crippen LogP contribution in [0.4, 0.5) is 0 Å². The molecule has 0 amide bonds. The van der Waals surface area contributed by atoms with Gasteiger partial charge in [-0.25, -0.2) is 0 Å². The molecule has 3 aromatic rings. The van der Waals surface area contributed by atoms with E-state index in [1.807, 2.05) is 0 Å². The number of hydrogen-bond acceptors (Lipinski definition) is 2. The van der Waals surface area contributed by atoms with Gasteiger partial charge in [0.2, 0.25) is 0 Å². The van der Waals surface area contributed by atoms with Gasteiger partial charge >= 0.3 is 0 Å². The lowest BCUT2D eigenvalue weighted by molar-refractivity contribution is 0.275. The predicted molar refractivity (Wildman–Crippen MR) is 113 cm³/mol. The molecule has 3 nitrogen and oxygen atoms in total. The van der Waals surface area contributed by atoms with Crippen LogP contribution in [0.25, 0.3) is 16.6 Å². The van der Waals surface area contributed by atoms with Gasteiger partial charge in [0.1, 0.15) is 5.75 Å².